The largest absolute Gasteiger partial charge is 0.495 e. The maximum Gasteiger partial charge on any atom is 0.297 e. The molecule has 11 heteroatoms. The van der Waals surface area contributed by atoms with Crippen molar-refractivity contribution in [3.63, 3.8) is 0 Å². The molecule has 154 valence electrons. The second-order valence-corrected chi connectivity index (χ2v) is 6.49. The Morgan fingerprint density at radius 1 is 1.41 bits per heavy atom. The molecular weight excluding hydrogens is 398 g/mol. The van der Waals surface area contributed by atoms with Crippen LogP contribution in [0.15, 0.2) is 35.1 Å². The third-order valence-corrected chi connectivity index (χ3v) is 4.51. The van der Waals surface area contributed by atoms with E-state index in [0.717, 1.165) is 25.9 Å². The fourth-order valence-corrected chi connectivity index (χ4v) is 3.11. The number of aromatic nitrogens is 5. The van der Waals surface area contributed by atoms with Gasteiger partial charge in [0, 0.05) is 6.54 Å². The summed E-state index contributed by atoms with van der Waals surface area (Å²) < 4.78 is 12.3. The molecule has 0 spiro atoms. The first kappa shape index (κ1) is 20.7. The van der Waals surface area contributed by atoms with E-state index < -0.39 is 0 Å². The zero-order valence-electron chi connectivity index (χ0n) is 15.9. The summed E-state index contributed by atoms with van der Waals surface area (Å²) in [5.74, 6) is 1.12. The van der Waals surface area contributed by atoms with Crippen molar-refractivity contribution in [1.82, 2.24) is 30.2 Å². The number of halogens is 1. The van der Waals surface area contributed by atoms with Gasteiger partial charge in [-0.2, -0.15) is 4.98 Å². The highest BCUT2D eigenvalue weighted by Gasteiger charge is 2.20. The van der Waals surface area contributed by atoms with Crippen LogP contribution in [0.3, 0.4) is 0 Å². The average Bonchev–Trinajstić information content (AvgIpc) is 3.38. The van der Waals surface area contributed by atoms with Crippen LogP contribution in [0.4, 0.5) is 5.69 Å². The standard InChI is InChI=1S/C18H21N7O3.ClH/c1-27-14-7-3-2-6-13(14)21-16(26)9-15-22-18(28-24-15)17-20-11-25(23-17)12-5-4-8-19-10-12;/h2-3,6-7,11-12,19H,4-5,8-10H2,1H3,(H,21,26);1H. The van der Waals surface area contributed by atoms with Crippen molar-refractivity contribution >= 4 is 24.0 Å². The molecule has 3 aromatic rings. The molecule has 2 N–H and O–H groups in total. The van der Waals surface area contributed by atoms with Crippen LogP contribution in [0.25, 0.3) is 11.7 Å². The smallest absolute Gasteiger partial charge is 0.297 e. The molecule has 4 rings (SSSR count). The molecule has 2 aromatic heterocycles. The molecule has 1 atom stereocenters. The van der Waals surface area contributed by atoms with Crippen LogP contribution in [-0.4, -0.2) is 51.0 Å². The predicted octanol–water partition coefficient (Wildman–Crippen LogP) is 1.86. The first-order valence-corrected chi connectivity index (χ1v) is 9.10. The number of para-hydroxylation sites is 2. The van der Waals surface area contributed by atoms with Gasteiger partial charge in [-0.1, -0.05) is 17.3 Å². The van der Waals surface area contributed by atoms with Crippen LogP contribution in [0.1, 0.15) is 24.7 Å². The molecule has 1 unspecified atom stereocenters. The van der Waals surface area contributed by atoms with Crippen LogP contribution in [-0.2, 0) is 11.2 Å². The molecule has 3 heterocycles. The Morgan fingerprint density at radius 2 is 2.28 bits per heavy atom. The lowest BCUT2D eigenvalue weighted by Crippen LogP contribution is -2.31. The summed E-state index contributed by atoms with van der Waals surface area (Å²) in [6.45, 7) is 1.89. The minimum absolute atomic E-state index is 0. The van der Waals surface area contributed by atoms with Gasteiger partial charge in [0.05, 0.1) is 25.3 Å². The van der Waals surface area contributed by atoms with Crippen LogP contribution in [0.5, 0.6) is 5.75 Å². The lowest BCUT2D eigenvalue weighted by atomic mass is 10.1. The van der Waals surface area contributed by atoms with Gasteiger partial charge in [0.25, 0.3) is 5.89 Å². The fraction of sp³-hybridized carbons (Fsp3) is 0.389. The Balaban J connectivity index is 0.00000240. The second-order valence-electron chi connectivity index (χ2n) is 6.49. The number of anilines is 1. The lowest BCUT2D eigenvalue weighted by molar-refractivity contribution is -0.115. The third kappa shape index (κ3) is 4.90. The number of piperidine rings is 1. The van der Waals surface area contributed by atoms with Crippen molar-refractivity contribution in [2.24, 2.45) is 0 Å². The van der Waals surface area contributed by atoms with Crippen molar-refractivity contribution in [2.75, 3.05) is 25.5 Å². The highest BCUT2D eigenvalue weighted by molar-refractivity contribution is 5.93. The second kappa shape index (κ2) is 9.48. The van der Waals surface area contributed by atoms with Crippen molar-refractivity contribution < 1.29 is 14.1 Å². The minimum atomic E-state index is -0.274. The van der Waals surface area contributed by atoms with E-state index in [-0.39, 0.29) is 42.5 Å². The van der Waals surface area contributed by atoms with Gasteiger partial charge in [0.1, 0.15) is 12.1 Å². The van der Waals surface area contributed by atoms with E-state index in [4.69, 9.17) is 9.26 Å². The minimum Gasteiger partial charge on any atom is -0.495 e. The van der Waals surface area contributed by atoms with Crippen molar-refractivity contribution in [3.8, 4) is 17.5 Å². The molecule has 0 bridgehead atoms. The quantitative estimate of drug-likeness (QED) is 0.621. The van der Waals surface area contributed by atoms with Crippen molar-refractivity contribution in [1.29, 1.82) is 0 Å². The molecule has 0 radical (unpaired) electrons. The first-order valence-electron chi connectivity index (χ1n) is 9.10. The van der Waals surface area contributed by atoms with Gasteiger partial charge in [-0.15, -0.1) is 17.5 Å². The van der Waals surface area contributed by atoms with Crippen LogP contribution in [0, 0.1) is 0 Å². The number of benzene rings is 1. The Bertz CT molecular complexity index is 952. The summed E-state index contributed by atoms with van der Waals surface area (Å²) in [6, 6.07) is 7.44. The average molecular weight is 420 g/mol. The van der Waals surface area contributed by atoms with Gasteiger partial charge in [0.15, 0.2) is 5.82 Å². The number of nitrogens with one attached hydrogen (secondary N) is 2. The van der Waals surface area contributed by atoms with Crippen molar-refractivity contribution in [2.45, 2.75) is 25.3 Å². The maximum absolute atomic E-state index is 12.3. The number of amides is 1. The number of nitrogens with zero attached hydrogens (tertiary/aromatic N) is 5. The van der Waals surface area contributed by atoms with Gasteiger partial charge < -0.3 is 19.9 Å². The molecule has 1 saturated heterocycles. The summed E-state index contributed by atoms with van der Waals surface area (Å²) in [5, 5.41) is 14.4. The number of carbonyl (C=O) groups excluding carboxylic acids is 1. The molecular formula is C18H22ClN7O3. The molecule has 10 nitrogen and oxygen atoms in total. The van der Waals surface area contributed by atoms with Crippen molar-refractivity contribution in [3.05, 3.63) is 36.4 Å². The maximum atomic E-state index is 12.3. The number of rotatable bonds is 6. The van der Waals surface area contributed by atoms with Gasteiger partial charge in [0.2, 0.25) is 11.7 Å². The molecule has 1 amide bonds. The Hall–Kier alpha value is -2.98. The predicted molar refractivity (Wildman–Crippen MR) is 107 cm³/mol. The first-order chi connectivity index (χ1) is 13.7. The third-order valence-electron chi connectivity index (χ3n) is 4.51. The summed E-state index contributed by atoms with van der Waals surface area (Å²) >= 11 is 0. The Kier molecular flexibility index (Phi) is 6.78. The molecule has 0 aliphatic carbocycles. The highest BCUT2D eigenvalue weighted by atomic mass is 35.5. The number of hydrogen-bond acceptors (Lipinski definition) is 8. The number of hydrogen-bond donors (Lipinski definition) is 2. The van der Waals surface area contributed by atoms with Gasteiger partial charge in [-0.25, -0.2) is 9.67 Å². The molecule has 1 fully saturated rings. The zero-order chi connectivity index (χ0) is 19.3. The normalized spacial score (nSPS) is 16.1. The van der Waals surface area contributed by atoms with E-state index in [9.17, 15) is 4.79 Å². The monoisotopic (exact) mass is 419 g/mol. The van der Waals surface area contributed by atoms with E-state index >= 15 is 0 Å². The molecule has 0 saturated carbocycles. The fourth-order valence-electron chi connectivity index (χ4n) is 3.11. The number of ether oxygens (including phenoxy) is 1. The molecule has 1 aromatic carbocycles. The number of carbonyl (C=O) groups is 1. The van der Waals surface area contributed by atoms with Gasteiger partial charge in [-0.3, -0.25) is 4.79 Å². The lowest BCUT2D eigenvalue weighted by Gasteiger charge is -2.22. The number of methoxy groups -OCH3 is 1. The topological polar surface area (TPSA) is 120 Å². The molecule has 29 heavy (non-hydrogen) atoms. The zero-order valence-corrected chi connectivity index (χ0v) is 16.7. The van der Waals surface area contributed by atoms with E-state index in [0.29, 0.717) is 17.3 Å². The SMILES string of the molecule is COc1ccccc1NC(=O)Cc1noc(-c2ncn(C3CCCNC3)n2)n1.Cl. The van der Waals surface area contributed by atoms with Crippen LogP contribution >= 0.6 is 12.4 Å². The van der Waals surface area contributed by atoms with E-state index in [1.807, 2.05) is 16.8 Å². The summed E-state index contributed by atoms with van der Waals surface area (Å²) in [7, 11) is 1.55. The van der Waals surface area contributed by atoms with E-state index in [1.54, 1.807) is 25.6 Å². The Morgan fingerprint density at radius 3 is 3.07 bits per heavy atom. The summed E-state index contributed by atoms with van der Waals surface area (Å²) in [4.78, 5) is 20.8. The Labute approximate surface area is 173 Å². The molecule has 1 aliphatic heterocycles. The summed E-state index contributed by atoms with van der Waals surface area (Å²) in [5.41, 5.74) is 0.584. The van der Waals surface area contributed by atoms with Gasteiger partial charge in [-0.05, 0) is 31.5 Å². The van der Waals surface area contributed by atoms with Gasteiger partial charge >= 0.3 is 0 Å². The van der Waals surface area contributed by atoms with E-state index in [1.165, 1.54) is 0 Å². The van der Waals surface area contributed by atoms with Crippen LogP contribution < -0.4 is 15.4 Å². The van der Waals surface area contributed by atoms with Crippen LogP contribution in [0.2, 0.25) is 0 Å². The summed E-state index contributed by atoms with van der Waals surface area (Å²) in [6.07, 6.45) is 3.79. The van der Waals surface area contributed by atoms with E-state index in [2.05, 4.69) is 30.9 Å². The highest BCUT2D eigenvalue weighted by Crippen LogP contribution is 2.23. The molecule has 1 aliphatic rings.